The van der Waals surface area contributed by atoms with Gasteiger partial charge in [-0.1, -0.05) is 125 Å². The van der Waals surface area contributed by atoms with Crippen LogP contribution in [0.25, 0.3) is 44.3 Å². The van der Waals surface area contributed by atoms with Crippen molar-refractivity contribution >= 4 is 100 Å². The van der Waals surface area contributed by atoms with Crippen LogP contribution in [-0.2, 0) is 32.3 Å². The van der Waals surface area contributed by atoms with Crippen molar-refractivity contribution in [3.8, 4) is 22.3 Å². The summed E-state index contributed by atoms with van der Waals surface area (Å²) in [6, 6.07) is 37.7. The first-order valence-corrected chi connectivity index (χ1v) is 23.6. The molecule has 2 aliphatic heterocycles. The first-order chi connectivity index (χ1) is 33.0. The van der Waals surface area contributed by atoms with E-state index in [0.29, 0.717) is 13.1 Å². The van der Waals surface area contributed by atoms with Crippen molar-refractivity contribution in [1.82, 2.24) is 40.4 Å². The fraction of sp³-hybridized carbons (Fsp3) is 0.333. The molecule has 0 spiro atoms. The molecule has 4 N–H and O–H groups in total. The molecule has 2 aliphatic rings. The van der Waals surface area contributed by atoms with Gasteiger partial charge >= 0.3 is 12.2 Å². The van der Waals surface area contributed by atoms with Gasteiger partial charge < -0.3 is 39.9 Å². The highest BCUT2D eigenvalue weighted by Gasteiger charge is 2.39. The first kappa shape index (κ1) is 56.8. The molecular formula is C54H66N8O6S4. The molecule has 14 nitrogen and oxygen atoms in total. The molecule has 0 unspecified atom stereocenters. The number of aromatic amines is 2. The smallest absolute Gasteiger partial charge is 0.408 e. The van der Waals surface area contributed by atoms with Crippen molar-refractivity contribution in [3.05, 3.63) is 144 Å². The molecule has 2 fully saturated rings. The molecule has 0 radical (unpaired) electrons. The molecule has 4 heterocycles. The second kappa shape index (κ2) is 25.5. The largest absolute Gasteiger partial charge is 0.445 e. The topological polar surface area (TPSA) is 175 Å². The molecule has 5 aromatic carbocycles. The van der Waals surface area contributed by atoms with E-state index < -0.39 is 24.3 Å². The Morgan fingerprint density at radius 2 is 0.903 bits per heavy atom. The van der Waals surface area contributed by atoms with Gasteiger partial charge in [0.2, 0.25) is 11.8 Å². The molecule has 7 aromatic rings. The Bertz CT molecular complexity index is 2720. The molecule has 0 bridgehead atoms. The van der Waals surface area contributed by atoms with Gasteiger partial charge in [0.1, 0.15) is 36.9 Å². The Hall–Kier alpha value is -6.08. The maximum Gasteiger partial charge on any atom is 0.408 e. The minimum atomic E-state index is -0.741. The number of hydrogen-bond acceptors (Lipinski definition) is 8. The van der Waals surface area contributed by atoms with E-state index in [1.54, 1.807) is 0 Å². The molecule has 382 valence electrons. The monoisotopic (exact) mass is 1050 g/mol. The van der Waals surface area contributed by atoms with Crippen LogP contribution in [0.3, 0.4) is 0 Å². The van der Waals surface area contributed by atoms with E-state index in [0.717, 1.165) is 92.8 Å². The maximum absolute atomic E-state index is 14.0. The van der Waals surface area contributed by atoms with Gasteiger partial charge in [0.25, 0.3) is 0 Å². The highest BCUT2D eigenvalue weighted by atomic mass is 32.1. The van der Waals surface area contributed by atoms with Crippen molar-refractivity contribution in [2.45, 2.75) is 90.8 Å². The van der Waals surface area contributed by atoms with Gasteiger partial charge in [0.15, 0.2) is 0 Å². The molecule has 2 aromatic heterocycles. The second-order valence-corrected chi connectivity index (χ2v) is 18.5. The van der Waals surface area contributed by atoms with Crippen LogP contribution in [0.4, 0.5) is 9.59 Å². The van der Waals surface area contributed by atoms with E-state index in [1.807, 2.05) is 110 Å². The average molecular weight is 1050 g/mol. The fourth-order valence-corrected chi connectivity index (χ4v) is 9.39. The molecule has 4 amide bonds. The lowest BCUT2D eigenvalue weighted by Gasteiger charge is -2.30. The number of ether oxygens (including phenoxy) is 2. The Kier molecular flexibility index (Phi) is 20.2. The summed E-state index contributed by atoms with van der Waals surface area (Å²) in [6.07, 6.45) is 1.94. The van der Waals surface area contributed by atoms with E-state index in [-0.39, 0.29) is 103 Å². The number of benzene rings is 5. The number of amides is 4. The van der Waals surface area contributed by atoms with Gasteiger partial charge in [-0.2, -0.15) is 54.0 Å². The summed E-state index contributed by atoms with van der Waals surface area (Å²) in [7, 11) is 0. The van der Waals surface area contributed by atoms with Crippen molar-refractivity contribution in [2.24, 2.45) is 11.8 Å². The zero-order valence-electron chi connectivity index (χ0n) is 40.9. The summed E-state index contributed by atoms with van der Waals surface area (Å²) < 4.78 is 10.9. The summed E-state index contributed by atoms with van der Waals surface area (Å²) in [5.41, 5.74) is 9.28. The van der Waals surface area contributed by atoms with E-state index in [2.05, 4.69) is 69.1 Å². The lowest BCUT2D eigenvalue weighted by atomic mass is 10.00. The molecule has 0 saturated carbocycles. The van der Waals surface area contributed by atoms with Gasteiger partial charge in [0, 0.05) is 13.1 Å². The summed E-state index contributed by atoms with van der Waals surface area (Å²) in [5, 5.41) is 5.66. The number of imidazole rings is 2. The third-order valence-corrected chi connectivity index (χ3v) is 13.1. The van der Waals surface area contributed by atoms with Crippen molar-refractivity contribution in [2.75, 3.05) is 13.1 Å². The van der Waals surface area contributed by atoms with Crippen LogP contribution in [0, 0.1) is 11.8 Å². The highest BCUT2D eigenvalue weighted by Crippen LogP contribution is 2.36. The molecule has 0 aliphatic carbocycles. The van der Waals surface area contributed by atoms with E-state index in [4.69, 9.17) is 19.4 Å². The third-order valence-electron chi connectivity index (χ3n) is 13.1. The minimum Gasteiger partial charge on any atom is -0.445 e. The van der Waals surface area contributed by atoms with Crippen LogP contribution >= 0.6 is 54.0 Å². The Labute approximate surface area is 448 Å². The predicted octanol–water partition coefficient (Wildman–Crippen LogP) is 10.5. The zero-order valence-corrected chi connectivity index (χ0v) is 44.9. The van der Waals surface area contributed by atoms with Gasteiger partial charge in [-0.05, 0) is 95.2 Å². The number of H-pyrrole nitrogens is 2. The summed E-state index contributed by atoms with van der Waals surface area (Å²) in [6.45, 7) is 9.07. The average Bonchev–Trinajstić information content (AvgIpc) is 4.20. The lowest BCUT2D eigenvalue weighted by Crippen LogP contribution is -2.51. The second-order valence-electron chi connectivity index (χ2n) is 18.5. The summed E-state index contributed by atoms with van der Waals surface area (Å²) in [4.78, 5) is 74.3. The zero-order chi connectivity index (χ0) is 47.3. The van der Waals surface area contributed by atoms with E-state index in [1.165, 1.54) is 0 Å². The summed E-state index contributed by atoms with van der Waals surface area (Å²) >= 11 is 0. The van der Waals surface area contributed by atoms with E-state index >= 15 is 0 Å². The first-order valence-electron chi connectivity index (χ1n) is 23.6. The number of nitrogens with one attached hydrogen (secondary N) is 4. The van der Waals surface area contributed by atoms with Crippen LogP contribution in [0.5, 0.6) is 0 Å². The maximum atomic E-state index is 14.0. The number of aromatic nitrogens is 4. The fourth-order valence-electron chi connectivity index (χ4n) is 9.39. The van der Waals surface area contributed by atoms with Crippen LogP contribution in [0.15, 0.2) is 121 Å². The minimum absolute atomic E-state index is 0. The molecule has 72 heavy (non-hydrogen) atoms. The summed E-state index contributed by atoms with van der Waals surface area (Å²) in [5.74, 6) is 0.861. The van der Waals surface area contributed by atoms with Crippen LogP contribution in [-0.4, -0.2) is 78.9 Å². The number of carbonyl (C=O) groups excluding carboxylic acids is 4. The number of hydrogen-bond donors (Lipinski definition) is 4. The normalized spacial score (nSPS) is 16.0. The van der Waals surface area contributed by atoms with Gasteiger partial charge in [-0.25, -0.2) is 19.6 Å². The van der Waals surface area contributed by atoms with Crippen LogP contribution < -0.4 is 10.6 Å². The van der Waals surface area contributed by atoms with E-state index in [9.17, 15) is 19.2 Å². The van der Waals surface area contributed by atoms with Gasteiger partial charge in [-0.15, -0.1) is 0 Å². The van der Waals surface area contributed by atoms with Crippen molar-refractivity contribution < 1.29 is 28.7 Å². The predicted molar refractivity (Wildman–Crippen MR) is 302 cm³/mol. The molecule has 18 heteroatoms. The highest BCUT2D eigenvalue weighted by molar-refractivity contribution is 7.59. The SMILES string of the molecule is CC(C)[C@H](NC(=O)OCc1ccccc1)C(=O)N1CCC[C@H]1c1nc2ccc(-c3ccc(-c4ccc5nc([C@@H]6CCCN6C(=O)[C@@H](NC(=O)OCc6ccccc6)C(C)C)[nH]c5c4)cc3)cc2[nH]1.S.S.S.S. The van der Waals surface area contributed by atoms with Crippen molar-refractivity contribution in [3.63, 3.8) is 0 Å². The lowest BCUT2D eigenvalue weighted by molar-refractivity contribution is -0.136. The third kappa shape index (κ3) is 12.9. The molecule has 4 atom stereocenters. The Balaban J connectivity index is 0.00000241. The standard InChI is InChI=1S/C54H58N8O6.4H2S/c1-33(2)47(59-53(65)67-31-35-13-7-5-8-14-35)51(63)61-27-11-17-45(61)49-55-41-25-23-39(29-43(41)57-49)37-19-21-38(22-20-37)40-24-26-42-44(30-40)58-50(56-42)46-18-12-28-62(46)52(64)48(34(3)4)60-54(66)68-32-36-15-9-6-10-16-36;;;;/h5-10,13-16,19-26,29-30,33-34,45-48H,11-12,17-18,27-28,31-32H2,1-4H3,(H,55,57)(H,56,58)(H,59,65)(H,60,66);4*1H2/t45-,46-,47-,48-;;;;/m0..../s1. The molecule has 9 rings (SSSR count). The molecule has 2 saturated heterocycles. The van der Waals surface area contributed by atoms with Gasteiger partial charge in [0.05, 0.1) is 34.2 Å². The Morgan fingerprint density at radius 3 is 1.26 bits per heavy atom. The number of alkyl carbamates (subject to hydrolysis) is 2. The van der Waals surface area contributed by atoms with Gasteiger partial charge in [-0.3, -0.25) is 9.59 Å². The number of fused-ring (bicyclic) bond motifs is 2. The number of nitrogens with zero attached hydrogens (tertiary/aromatic N) is 4. The van der Waals surface area contributed by atoms with Crippen LogP contribution in [0.1, 0.15) is 88.2 Å². The van der Waals surface area contributed by atoms with Crippen molar-refractivity contribution in [1.29, 1.82) is 0 Å². The Morgan fingerprint density at radius 1 is 0.542 bits per heavy atom. The number of carbonyl (C=O) groups is 4. The number of likely N-dealkylation sites (tertiary alicyclic amines) is 2. The molecular weight excluding hydrogens is 985 g/mol. The quantitative estimate of drug-likeness (QED) is 0.0833. The van der Waals surface area contributed by atoms with Crippen LogP contribution in [0.2, 0.25) is 0 Å². The number of rotatable bonds is 14.